The molecule has 4 rings (SSSR count). The predicted molar refractivity (Wildman–Crippen MR) is 81.1 cm³/mol. The minimum absolute atomic E-state index is 0.206. The maximum Gasteiger partial charge on any atom is 0.265 e. The molecule has 0 bridgehead atoms. The van der Waals surface area contributed by atoms with E-state index < -0.39 is 6.10 Å². The van der Waals surface area contributed by atoms with E-state index in [1.54, 1.807) is 6.07 Å². The van der Waals surface area contributed by atoms with E-state index in [0.29, 0.717) is 18.0 Å². The standard InChI is InChI=1S/C16H18N4O3/c1-10-15(23-12-6-3-2-5-11(12)22-10)16(21)17-9-14-19-18-13-7-4-8-20(13)14/h2-3,5-6,10,15H,4,7-9H2,1H3,(H,17,21)/t10-,15+/m0/s1. The highest BCUT2D eigenvalue weighted by molar-refractivity contribution is 5.82. The number of rotatable bonds is 3. The molecule has 7 heteroatoms. The molecule has 2 aliphatic heterocycles. The van der Waals surface area contributed by atoms with Gasteiger partial charge >= 0.3 is 0 Å². The Kier molecular flexibility index (Phi) is 3.40. The first kappa shape index (κ1) is 14.0. The van der Waals surface area contributed by atoms with Gasteiger partial charge in [0.15, 0.2) is 17.3 Å². The number of nitrogens with zero attached hydrogens (tertiary/aromatic N) is 3. The highest BCUT2D eigenvalue weighted by Gasteiger charge is 2.34. The molecule has 1 amide bonds. The molecule has 0 spiro atoms. The molecule has 0 radical (unpaired) electrons. The SMILES string of the molecule is C[C@@H]1Oc2ccccc2O[C@H]1C(=O)NCc1nnc2n1CCC2. The van der Waals surface area contributed by atoms with Crippen LogP contribution in [0.3, 0.4) is 0 Å². The number of para-hydroxylation sites is 2. The van der Waals surface area contributed by atoms with Crippen LogP contribution in [0.5, 0.6) is 11.5 Å². The van der Waals surface area contributed by atoms with Gasteiger partial charge in [0, 0.05) is 13.0 Å². The van der Waals surface area contributed by atoms with Gasteiger partial charge in [0.05, 0.1) is 6.54 Å². The monoisotopic (exact) mass is 314 g/mol. The van der Waals surface area contributed by atoms with Gasteiger partial charge in [0.25, 0.3) is 5.91 Å². The van der Waals surface area contributed by atoms with Crippen molar-refractivity contribution in [1.82, 2.24) is 20.1 Å². The van der Waals surface area contributed by atoms with Gasteiger partial charge in [-0.05, 0) is 25.5 Å². The van der Waals surface area contributed by atoms with Gasteiger partial charge in [-0.15, -0.1) is 10.2 Å². The lowest BCUT2D eigenvalue weighted by atomic mass is 10.1. The molecule has 1 aromatic heterocycles. The van der Waals surface area contributed by atoms with Crippen molar-refractivity contribution in [1.29, 1.82) is 0 Å². The van der Waals surface area contributed by atoms with Crippen LogP contribution in [-0.4, -0.2) is 32.9 Å². The summed E-state index contributed by atoms with van der Waals surface area (Å²) < 4.78 is 13.6. The summed E-state index contributed by atoms with van der Waals surface area (Å²) in [6, 6.07) is 7.36. The number of ether oxygens (including phenoxy) is 2. The number of fused-ring (bicyclic) bond motifs is 2. The number of aryl methyl sites for hydroxylation is 1. The van der Waals surface area contributed by atoms with Crippen molar-refractivity contribution in [3.05, 3.63) is 35.9 Å². The van der Waals surface area contributed by atoms with Crippen LogP contribution in [0.15, 0.2) is 24.3 Å². The average Bonchev–Trinajstić information content (AvgIpc) is 3.15. The molecule has 2 aliphatic rings. The van der Waals surface area contributed by atoms with Gasteiger partial charge in [-0.2, -0.15) is 0 Å². The summed E-state index contributed by atoms with van der Waals surface area (Å²) in [5.41, 5.74) is 0. The van der Waals surface area contributed by atoms with Gasteiger partial charge in [-0.25, -0.2) is 0 Å². The Bertz CT molecular complexity index is 743. The number of hydrogen-bond acceptors (Lipinski definition) is 5. The number of hydrogen-bond donors (Lipinski definition) is 1. The van der Waals surface area contributed by atoms with Crippen LogP contribution < -0.4 is 14.8 Å². The van der Waals surface area contributed by atoms with Crippen LogP contribution in [0.1, 0.15) is 25.0 Å². The summed E-state index contributed by atoms with van der Waals surface area (Å²) in [6.45, 7) is 3.09. The second kappa shape index (κ2) is 5.57. The third-order valence-corrected chi connectivity index (χ3v) is 4.21. The lowest BCUT2D eigenvalue weighted by Gasteiger charge is -2.30. The van der Waals surface area contributed by atoms with Crippen LogP contribution in [0.2, 0.25) is 0 Å². The molecule has 0 aliphatic carbocycles. The first-order valence-corrected chi connectivity index (χ1v) is 7.83. The second-order valence-electron chi connectivity index (χ2n) is 5.81. The van der Waals surface area contributed by atoms with Crippen molar-refractivity contribution >= 4 is 5.91 Å². The van der Waals surface area contributed by atoms with E-state index in [1.807, 2.05) is 25.1 Å². The first-order valence-electron chi connectivity index (χ1n) is 7.83. The molecule has 0 saturated heterocycles. The summed E-state index contributed by atoms with van der Waals surface area (Å²) in [4.78, 5) is 12.4. The fraction of sp³-hybridized carbons (Fsp3) is 0.438. The summed E-state index contributed by atoms with van der Waals surface area (Å²) in [5, 5.41) is 11.2. The van der Waals surface area contributed by atoms with Gasteiger partial charge in [0.2, 0.25) is 6.10 Å². The summed E-state index contributed by atoms with van der Waals surface area (Å²) in [7, 11) is 0. The zero-order valence-corrected chi connectivity index (χ0v) is 12.9. The van der Waals surface area contributed by atoms with Crippen molar-refractivity contribution in [3.63, 3.8) is 0 Å². The highest BCUT2D eigenvalue weighted by atomic mass is 16.6. The Hall–Kier alpha value is -2.57. The van der Waals surface area contributed by atoms with E-state index in [4.69, 9.17) is 9.47 Å². The molecule has 1 aromatic carbocycles. The molecule has 23 heavy (non-hydrogen) atoms. The van der Waals surface area contributed by atoms with E-state index in [-0.39, 0.29) is 12.0 Å². The molecule has 2 aromatic rings. The minimum atomic E-state index is -0.675. The summed E-state index contributed by atoms with van der Waals surface area (Å²) >= 11 is 0. The lowest BCUT2D eigenvalue weighted by molar-refractivity contribution is -0.133. The fourth-order valence-corrected chi connectivity index (χ4v) is 3.01. The zero-order chi connectivity index (χ0) is 15.8. The van der Waals surface area contributed by atoms with E-state index in [9.17, 15) is 4.79 Å². The van der Waals surface area contributed by atoms with Gasteiger partial charge < -0.3 is 19.4 Å². The van der Waals surface area contributed by atoms with Gasteiger partial charge in [-0.1, -0.05) is 12.1 Å². The first-order chi connectivity index (χ1) is 11.2. The smallest absolute Gasteiger partial charge is 0.265 e. The van der Waals surface area contributed by atoms with Crippen LogP contribution in [0.4, 0.5) is 0 Å². The van der Waals surface area contributed by atoms with E-state index in [2.05, 4.69) is 20.1 Å². The van der Waals surface area contributed by atoms with Crippen molar-refractivity contribution in [3.8, 4) is 11.5 Å². The van der Waals surface area contributed by atoms with Crippen molar-refractivity contribution in [2.24, 2.45) is 0 Å². The molecular weight excluding hydrogens is 296 g/mol. The maximum atomic E-state index is 12.4. The summed E-state index contributed by atoms with van der Waals surface area (Å²) in [6.07, 6.45) is 1.01. The normalized spacial score (nSPS) is 21.8. The molecule has 120 valence electrons. The number of amides is 1. The maximum absolute atomic E-state index is 12.4. The number of carbonyl (C=O) groups is 1. The number of carbonyl (C=O) groups excluding carboxylic acids is 1. The third-order valence-electron chi connectivity index (χ3n) is 4.21. The quantitative estimate of drug-likeness (QED) is 0.917. The van der Waals surface area contributed by atoms with E-state index in [1.165, 1.54) is 0 Å². The average molecular weight is 314 g/mol. The van der Waals surface area contributed by atoms with Crippen LogP contribution in [0, 0.1) is 0 Å². The topological polar surface area (TPSA) is 78.3 Å². The van der Waals surface area contributed by atoms with Gasteiger partial charge in [0.1, 0.15) is 11.9 Å². The van der Waals surface area contributed by atoms with Crippen molar-refractivity contribution in [2.45, 2.75) is 45.1 Å². The van der Waals surface area contributed by atoms with Gasteiger partial charge in [-0.3, -0.25) is 4.79 Å². The molecule has 2 atom stereocenters. The Morgan fingerprint density at radius 2 is 2.09 bits per heavy atom. The molecule has 7 nitrogen and oxygen atoms in total. The highest BCUT2D eigenvalue weighted by Crippen LogP contribution is 2.33. The molecule has 3 heterocycles. The molecule has 0 fully saturated rings. The van der Waals surface area contributed by atoms with E-state index in [0.717, 1.165) is 31.0 Å². The molecule has 0 unspecified atom stereocenters. The van der Waals surface area contributed by atoms with Crippen molar-refractivity contribution < 1.29 is 14.3 Å². The van der Waals surface area contributed by atoms with E-state index >= 15 is 0 Å². The zero-order valence-electron chi connectivity index (χ0n) is 12.9. The number of benzene rings is 1. The summed E-state index contributed by atoms with van der Waals surface area (Å²) in [5.74, 6) is 2.83. The van der Waals surface area contributed by atoms with Crippen LogP contribution >= 0.6 is 0 Å². The van der Waals surface area contributed by atoms with Crippen LogP contribution in [-0.2, 0) is 24.3 Å². The third kappa shape index (κ3) is 2.52. The largest absolute Gasteiger partial charge is 0.482 e. The van der Waals surface area contributed by atoms with Crippen LogP contribution in [0.25, 0.3) is 0 Å². The minimum Gasteiger partial charge on any atom is -0.482 e. The van der Waals surface area contributed by atoms with Crippen molar-refractivity contribution in [2.75, 3.05) is 0 Å². The molecule has 1 N–H and O–H groups in total. The Labute approximate surface area is 133 Å². The molecular formula is C16H18N4O3. The number of aromatic nitrogens is 3. The number of nitrogens with one attached hydrogen (secondary N) is 1. The second-order valence-corrected chi connectivity index (χ2v) is 5.81. The fourth-order valence-electron chi connectivity index (χ4n) is 3.01. The Morgan fingerprint density at radius 1 is 1.30 bits per heavy atom. The molecule has 0 saturated carbocycles. The predicted octanol–water partition coefficient (Wildman–Crippen LogP) is 1.07. The Balaban J connectivity index is 1.43. The Morgan fingerprint density at radius 3 is 2.91 bits per heavy atom. The lowest BCUT2D eigenvalue weighted by Crippen LogP contribution is -2.49.